The van der Waals surface area contributed by atoms with Gasteiger partial charge in [-0.2, -0.15) is 0 Å². The summed E-state index contributed by atoms with van der Waals surface area (Å²) >= 11 is 0. The van der Waals surface area contributed by atoms with Gasteiger partial charge in [-0.15, -0.1) is 0 Å². The standard InChI is InChI=1S/C65H120N4O6/c1-4-7-10-13-16-19-22-25-28-31-34-37-40-43-46-49-54-74-60-63(71)57-68(56-62(70)59-73-53-48-45-42-39-36-33-30-27-24-21-18-15-12-9-6-3)69(65-66-51-52-67-65)58-64(72)61-75-55-50-47-44-41-38-35-32-29-26-23-20-17-14-11-8-5-2/h15-20,24-29,62-64,70-72H,4-14,21-23,30-61H2,1-3H3,(H,66,67)/b18-15-,19-16-,20-17-,27-24-,28-25-,29-26-. The van der Waals surface area contributed by atoms with Crippen LogP contribution < -0.4 is 5.32 Å². The highest BCUT2D eigenvalue weighted by Gasteiger charge is 2.28. The Morgan fingerprint density at radius 3 is 1.04 bits per heavy atom. The number of aliphatic hydroxyl groups excluding tert-OH is 3. The topological polar surface area (TPSA) is 119 Å². The molecule has 0 aromatic heterocycles. The van der Waals surface area contributed by atoms with Gasteiger partial charge in [0.25, 0.3) is 0 Å². The van der Waals surface area contributed by atoms with E-state index < -0.39 is 18.3 Å². The lowest BCUT2D eigenvalue weighted by Crippen LogP contribution is -2.57. The Bertz CT molecular complexity index is 1400. The molecule has 0 aliphatic carbocycles. The molecule has 0 saturated heterocycles. The van der Waals surface area contributed by atoms with Gasteiger partial charge in [-0.25, -0.2) is 5.01 Å². The predicted octanol–water partition coefficient (Wildman–Crippen LogP) is 15.6. The third-order valence-electron chi connectivity index (χ3n) is 13.6. The maximum absolute atomic E-state index is 11.3. The molecule has 1 aliphatic rings. The summed E-state index contributed by atoms with van der Waals surface area (Å²) in [6, 6.07) is 0. The Kier molecular flexibility index (Phi) is 54.1. The van der Waals surface area contributed by atoms with Crippen molar-refractivity contribution in [2.45, 2.75) is 264 Å². The number of hydrogen-bond acceptors (Lipinski definition) is 10. The van der Waals surface area contributed by atoms with Crippen LogP contribution in [0.15, 0.2) is 77.9 Å². The lowest BCUT2D eigenvalue weighted by atomic mass is 10.1. The summed E-state index contributed by atoms with van der Waals surface area (Å²) in [6.07, 6.45) is 67.1. The number of nitrogens with one attached hydrogen (secondary N) is 1. The molecule has 1 heterocycles. The Hall–Kier alpha value is -2.57. The van der Waals surface area contributed by atoms with Crippen molar-refractivity contribution in [3.05, 3.63) is 72.9 Å². The Morgan fingerprint density at radius 1 is 0.400 bits per heavy atom. The normalized spacial score (nSPS) is 14.6. The van der Waals surface area contributed by atoms with E-state index in [0.717, 1.165) is 77.0 Å². The molecule has 0 fully saturated rings. The van der Waals surface area contributed by atoms with Crippen LogP contribution in [-0.2, 0) is 14.2 Å². The van der Waals surface area contributed by atoms with Crippen LogP contribution in [0.5, 0.6) is 0 Å². The largest absolute Gasteiger partial charge is 0.389 e. The number of aliphatic hydroxyl groups is 3. The molecular weight excluding hydrogens is 933 g/mol. The van der Waals surface area contributed by atoms with Crippen LogP contribution in [-0.4, -0.2) is 122 Å². The lowest BCUT2D eigenvalue weighted by molar-refractivity contribution is -0.0832. The molecule has 1 aliphatic heterocycles. The second-order valence-corrected chi connectivity index (χ2v) is 21.2. The number of rotatable bonds is 57. The summed E-state index contributed by atoms with van der Waals surface area (Å²) in [4.78, 5) is 4.71. The number of allylic oxidation sites excluding steroid dienone is 12. The Labute approximate surface area is 463 Å². The van der Waals surface area contributed by atoms with E-state index in [4.69, 9.17) is 19.2 Å². The molecule has 3 atom stereocenters. The first-order valence-corrected chi connectivity index (χ1v) is 31.5. The highest BCUT2D eigenvalue weighted by molar-refractivity contribution is 5.81. The summed E-state index contributed by atoms with van der Waals surface area (Å²) in [7, 11) is 0. The third-order valence-corrected chi connectivity index (χ3v) is 13.6. The zero-order valence-corrected chi connectivity index (χ0v) is 49.1. The number of aliphatic imine (C=N–C) groups is 1. The van der Waals surface area contributed by atoms with Gasteiger partial charge >= 0.3 is 0 Å². The van der Waals surface area contributed by atoms with Gasteiger partial charge in [-0.3, -0.25) is 10.0 Å². The molecule has 0 saturated carbocycles. The van der Waals surface area contributed by atoms with Gasteiger partial charge in [0.15, 0.2) is 0 Å². The van der Waals surface area contributed by atoms with Gasteiger partial charge in [-0.1, -0.05) is 209 Å². The number of unbranched alkanes of at least 4 members (excludes halogenated alkanes) is 26. The van der Waals surface area contributed by atoms with Gasteiger partial charge in [0, 0.05) is 39.5 Å². The third kappa shape index (κ3) is 49.5. The summed E-state index contributed by atoms with van der Waals surface area (Å²) < 4.78 is 18.0. The molecule has 0 radical (unpaired) electrons. The van der Waals surface area contributed by atoms with Crippen molar-refractivity contribution in [2.75, 3.05) is 72.4 Å². The van der Waals surface area contributed by atoms with Crippen LogP contribution in [0.2, 0.25) is 0 Å². The van der Waals surface area contributed by atoms with Crippen molar-refractivity contribution in [3.8, 4) is 0 Å². The molecule has 75 heavy (non-hydrogen) atoms. The quantitative estimate of drug-likeness (QED) is 0.0268. The monoisotopic (exact) mass is 1050 g/mol. The minimum absolute atomic E-state index is 0.199. The van der Waals surface area contributed by atoms with Crippen LogP contribution in [0.1, 0.15) is 245 Å². The number of hydrogen-bond donors (Lipinski definition) is 4. The minimum Gasteiger partial charge on any atom is -0.389 e. The van der Waals surface area contributed by atoms with Crippen LogP contribution >= 0.6 is 0 Å². The van der Waals surface area contributed by atoms with Crippen LogP contribution in [0.25, 0.3) is 0 Å². The van der Waals surface area contributed by atoms with Gasteiger partial charge in [0.2, 0.25) is 5.96 Å². The van der Waals surface area contributed by atoms with Crippen molar-refractivity contribution in [1.29, 1.82) is 0 Å². The molecule has 0 aromatic rings. The van der Waals surface area contributed by atoms with E-state index in [2.05, 4.69) is 99.0 Å². The summed E-state index contributed by atoms with van der Waals surface area (Å²) in [5.41, 5.74) is 0. The van der Waals surface area contributed by atoms with Crippen LogP contribution in [0.3, 0.4) is 0 Å². The van der Waals surface area contributed by atoms with Gasteiger partial charge in [0.1, 0.15) is 0 Å². The highest BCUT2D eigenvalue weighted by atomic mass is 16.5. The van der Waals surface area contributed by atoms with Crippen LogP contribution in [0.4, 0.5) is 0 Å². The van der Waals surface area contributed by atoms with E-state index in [0.29, 0.717) is 38.9 Å². The van der Waals surface area contributed by atoms with E-state index in [-0.39, 0.29) is 39.5 Å². The van der Waals surface area contributed by atoms with E-state index in [9.17, 15) is 15.3 Å². The number of guanidine groups is 1. The first kappa shape index (κ1) is 70.4. The fraction of sp³-hybridized carbons (Fsp3) is 0.800. The first-order chi connectivity index (χ1) is 37.0. The highest BCUT2D eigenvalue weighted by Crippen LogP contribution is 2.14. The van der Waals surface area contributed by atoms with Crippen molar-refractivity contribution in [2.24, 2.45) is 4.99 Å². The molecule has 10 heteroatoms. The van der Waals surface area contributed by atoms with Crippen LogP contribution in [0, 0.1) is 0 Å². The predicted molar refractivity (Wildman–Crippen MR) is 323 cm³/mol. The maximum Gasteiger partial charge on any atom is 0.209 e. The molecule has 0 amide bonds. The maximum atomic E-state index is 11.3. The van der Waals surface area contributed by atoms with E-state index in [1.54, 1.807) is 0 Å². The molecule has 0 spiro atoms. The molecule has 10 nitrogen and oxygen atoms in total. The van der Waals surface area contributed by atoms with E-state index in [1.165, 1.54) is 148 Å². The molecule has 0 bridgehead atoms. The van der Waals surface area contributed by atoms with Gasteiger partial charge in [-0.05, 0) is 109 Å². The smallest absolute Gasteiger partial charge is 0.209 e. The second kappa shape index (κ2) is 57.6. The average Bonchev–Trinajstić information content (AvgIpc) is 3.95. The van der Waals surface area contributed by atoms with Gasteiger partial charge < -0.3 is 34.8 Å². The Balaban J connectivity index is 2.53. The van der Waals surface area contributed by atoms with E-state index in [1.807, 2.05) is 10.0 Å². The van der Waals surface area contributed by atoms with E-state index >= 15 is 0 Å². The van der Waals surface area contributed by atoms with Gasteiger partial charge in [0.05, 0.1) is 51.2 Å². The molecule has 4 N–H and O–H groups in total. The number of hydrazine groups is 1. The molecule has 0 aromatic carbocycles. The molecule has 436 valence electrons. The first-order valence-electron chi connectivity index (χ1n) is 31.5. The zero-order valence-electron chi connectivity index (χ0n) is 49.1. The lowest BCUT2D eigenvalue weighted by Gasteiger charge is -2.39. The fourth-order valence-electron chi connectivity index (χ4n) is 9.06. The number of ether oxygens (including phenoxy) is 3. The van der Waals surface area contributed by atoms with Crippen molar-refractivity contribution >= 4 is 5.96 Å². The van der Waals surface area contributed by atoms with Crippen molar-refractivity contribution < 1.29 is 29.5 Å². The fourth-order valence-corrected chi connectivity index (χ4v) is 9.06. The summed E-state index contributed by atoms with van der Waals surface area (Å²) in [6.45, 7) is 11.2. The Morgan fingerprint density at radius 2 is 0.707 bits per heavy atom. The minimum atomic E-state index is -0.794. The number of nitrogens with zero attached hydrogens (tertiary/aromatic N) is 3. The SMILES string of the molecule is CCCC/C=C\C/C=C\CCCCCCCCOCC(O)CN(CC(O)COCCCCCCCC/C=C\C/C=C\CCCCC)N(CC(O)COCCCCCCCC/C=C\C/C=C\CCCCC)C1=NCCN1. The molecular formula is C65H120N4O6. The van der Waals surface area contributed by atoms with Crippen molar-refractivity contribution in [3.63, 3.8) is 0 Å². The second-order valence-electron chi connectivity index (χ2n) is 21.2. The van der Waals surface area contributed by atoms with Crippen molar-refractivity contribution in [1.82, 2.24) is 15.3 Å². The zero-order chi connectivity index (χ0) is 54.0. The summed E-state index contributed by atoms with van der Waals surface area (Å²) in [5.74, 6) is 0.632. The molecule has 3 unspecified atom stereocenters. The molecule has 1 rings (SSSR count). The summed E-state index contributed by atoms with van der Waals surface area (Å²) in [5, 5.41) is 41.1. The average molecular weight is 1050 g/mol.